The number of benzene rings is 1. The quantitative estimate of drug-likeness (QED) is 0.533. The fourth-order valence-corrected chi connectivity index (χ4v) is 1.12. The number of nitrogens with one attached hydrogen (secondary N) is 3. The molecule has 8 nitrogen and oxygen atoms in total. The molecule has 3 N–H and O–H groups in total. The van der Waals surface area contributed by atoms with Crippen LogP contribution in [0, 0.1) is 10.1 Å². The molecule has 1 rings (SSSR count). The van der Waals surface area contributed by atoms with Gasteiger partial charge in [-0.2, -0.15) is 0 Å². The van der Waals surface area contributed by atoms with Gasteiger partial charge in [0.05, 0.1) is 11.5 Å². The summed E-state index contributed by atoms with van der Waals surface area (Å²) in [5.41, 5.74) is 0.151. The molecule has 0 fully saturated rings. The van der Waals surface area contributed by atoms with Gasteiger partial charge in [0, 0.05) is 24.9 Å². The third-order valence-electron chi connectivity index (χ3n) is 2.00. The van der Waals surface area contributed by atoms with Crippen molar-refractivity contribution in [2.75, 3.05) is 18.9 Å². The molecule has 96 valence electrons. The second-order valence-electron chi connectivity index (χ2n) is 3.29. The summed E-state index contributed by atoms with van der Waals surface area (Å²) in [6.07, 6.45) is 0. The molecule has 0 aliphatic rings. The van der Waals surface area contributed by atoms with Gasteiger partial charge in [-0.1, -0.05) is 6.07 Å². The van der Waals surface area contributed by atoms with E-state index < -0.39 is 11.0 Å². The average Bonchev–Trinajstić information content (AvgIpc) is 2.36. The summed E-state index contributed by atoms with van der Waals surface area (Å²) in [5, 5.41) is 17.5. The zero-order chi connectivity index (χ0) is 13.5. The van der Waals surface area contributed by atoms with Crippen molar-refractivity contribution in [3.8, 4) is 0 Å². The molecule has 0 bridgehead atoms. The fourth-order valence-electron chi connectivity index (χ4n) is 1.12. The summed E-state index contributed by atoms with van der Waals surface area (Å²) in [4.78, 5) is 32.2. The predicted molar refractivity (Wildman–Crippen MR) is 64.2 cm³/mol. The number of non-ortho nitro benzene ring substituents is 1. The Labute approximate surface area is 103 Å². The summed E-state index contributed by atoms with van der Waals surface area (Å²) in [5.74, 6) is -0.343. The van der Waals surface area contributed by atoms with Gasteiger partial charge in [0.25, 0.3) is 5.69 Å². The smallest absolute Gasteiger partial charge is 0.319 e. The Morgan fingerprint density at radius 3 is 2.72 bits per heavy atom. The Kier molecular flexibility index (Phi) is 4.61. The highest BCUT2D eigenvalue weighted by Gasteiger charge is 2.08. The minimum absolute atomic E-state index is 0.126. The Morgan fingerprint density at radius 2 is 2.11 bits per heavy atom. The van der Waals surface area contributed by atoms with E-state index in [2.05, 4.69) is 16.0 Å². The van der Waals surface area contributed by atoms with Crippen molar-refractivity contribution in [2.45, 2.75) is 0 Å². The number of amides is 3. The molecular formula is C10H12N4O4. The van der Waals surface area contributed by atoms with Crippen LogP contribution in [0.25, 0.3) is 0 Å². The summed E-state index contributed by atoms with van der Waals surface area (Å²) < 4.78 is 0. The van der Waals surface area contributed by atoms with Crippen molar-refractivity contribution >= 4 is 23.3 Å². The molecule has 0 radical (unpaired) electrons. The lowest BCUT2D eigenvalue weighted by molar-refractivity contribution is -0.384. The van der Waals surface area contributed by atoms with Crippen LogP contribution in [0.5, 0.6) is 0 Å². The largest absolute Gasteiger partial charge is 0.358 e. The van der Waals surface area contributed by atoms with Gasteiger partial charge in [-0.05, 0) is 6.07 Å². The maximum absolute atomic E-state index is 11.3. The van der Waals surface area contributed by atoms with Gasteiger partial charge in [0.1, 0.15) is 0 Å². The van der Waals surface area contributed by atoms with E-state index in [1.54, 1.807) is 0 Å². The van der Waals surface area contributed by atoms with Crippen LogP contribution in [-0.4, -0.2) is 30.5 Å². The van der Waals surface area contributed by atoms with E-state index in [4.69, 9.17) is 0 Å². The Morgan fingerprint density at radius 1 is 1.39 bits per heavy atom. The highest BCUT2D eigenvalue weighted by Crippen LogP contribution is 2.16. The highest BCUT2D eigenvalue weighted by molar-refractivity contribution is 5.92. The fraction of sp³-hybridized carbons (Fsp3) is 0.200. The van der Waals surface area contributed by atoms with Gasteiger partial charge in [0.15, 0.2) is 0 Å². The van der Waals surface area contributed by atoms with Crippen LogP contribution in [-0.2, 0) is 4.79 Å². The molecule has 0 heterocycles. The van der Waals surface area contributed by atoms with Gasteiger partial charge in [-0.25, -0.2) is 4.79 Å². The molecule has 0 aliphatic carbocycles. The van der Waals surface area contributed by atoms with Crippen LogP contribution in [0.4, 0.5) is 16.2 Å². The molecule has 0 spiro atoms. The number of nitro benzene ring substituents is 1. The maximum Gasteiger partial charge on any atom is 0.319 e. The Hall–Kier alpha value is -2.64. The highest BCUT2D eigenvalue weighted by atomic mass is 16.6. The van der Waals surface area contributed by atoms with Crippen molar-refractivity contribution in [1.29, 1.82) is 0 Å². The molecule has 0 saturated heterocycles. The number of hydrogen-bond donors (Lipinski definition) is 3. The molecule has 0 saturated carbocycles. The first-order valence-corrected chi connectivity index (χ1v) is 5.03. The number of hydrogen-bond acceptors (Lipinski definition) is 4. The summed E-state index contributed by atoms with van der Waals surface area (Å²) in [7, 11) is 1.45. The summed E-state index contributed by atoms with van der Waals surface area (Å²) >= 11 is 0. The third kappa shape index (κ3) is 4.08. The number of carbonyl (C=O) groups is 2. The molecule has 0 aliphatic heterocycles. The minimum atomic E-state index is -0.612. The van der Waals surface area contributed by atoms with E-state index in [9.17, 15) is 19.7 Å². The molecule has 18 heavy (non-hydrogen) atoms. The zero-order valence-electron chi connectivity index (χ0n) is 9.60. The standard InChI is InChI=1S/C10H12N4O4/c1-11-9(15)6-12-10(16)13-7-3-2-4-8(5-7)14(17)18/h2-5H,6H2,1H3,(H,11,15)(H2,12,13,16). The number of anilines is 1. The molecule has 0 unspecified atom stereocenters. The van der Waals surface area contributed by atoms with Crippen LogP contribution in [0.2, 0.25) is 0 Å². The number of urea groups is 1. The molecule has 0 atom stereocenters. The molecule has 8 heteroatoms. The lowest BCUT2D eigenvalue weighted by Crippen LogP contribution is -2.37. The van der Waals surface area contributed by atoms with E-state index in [0.717, 1.165) is 0 Å². The van der Waals surface area contributed by atoms with Crippen LogP contribution >= 0.6 is 0 Å². The van der Waals surface area contributed by atoms with Gasteiger partial charge < -0.3 is 16.0 Å². The normalized spacial score (nSPS) is 9.39. The van der Waals surface area contributed by atoms with Crippen molar-refractivity contribution in [3.05, 3.63) is 34.4 Å². The number of rotatable bonds is 4. The van der Waals surface area contributed by atoms with E-state index in [1.165, 1.54) is 31.3 Å². The van der Waals surface area contributed by atoms with E-state index >= 15 is 0 Å². The van der Waals surface area contributed by atoms with Crippen molar-refractivity contribution in [3.63, 3.8) is 0 Å². The molecule has 1 aromatic rings. The molecule has 1 aromatic carbocycles. The number of carbonyl (C=O) groups excluding carboxylic acids is 2. The van der Waals surface area contributed by atoms with Gasteiger partial charge in [-0.3, -0.25) is 14.9 Å². The van der Waals surface area contributed by atoms with Gasteiger partial charge in [-0.15, -0.1) is 0 Å². The van der Waals surface area contributed by atoms with Gasteiger partial charge in [0.2, 0.25) is 5.91 Å². The van der Waals surface area contributed by atoms with Crippen LogP contribution in [0.1, 0.15) is 0 Å². The van der Waals surface area contributed by atoms with Crippen LogP contribution < -0.4 is 16.0 Å². The first-order valence-electron chi connectivity index (χ1n) is 5.03. The van der Waals surface area contributed by atoms with Crippen molar-refractivity contribution in [2.24, 2.45) is 0 Å². The SMILES string of the molecule is CNC(=O)CNC(=O)Nc1cccc([N+](=O)[O-])c1. The molecular weight excluding hydrogens is 240 g/mol. The van der Waals surface area contributed by atoms with E-state index in [0.29, 0.717) is 0 Å². The summed E-state index contributed by atoms with van der Waals surface area (Å²) in [6.45, 7) is -0.169. The monoisotopic (exact) mass is 252 g/mol. The first kappa shape index (κ1) is 13.4. The molecule has 0 aromatic heterocycles. The minimum Gasteiger partial charge on any atom is -0.358 e. The van der Waals surface area contributed by atoms with Crippen molar-refractivity contribution in [1.82, 2.24) is 10.6 Å². The summed E-state index contributed by atoms with van der Waals surface area (Å²) in [6, 6.07) is 4.88. The second kappa shape index (κ2) is 6.18. The topological polar surface area (TPSA) is 113 Å². The average molecular weight is 252 g/mol. The van der Waals surface area contributed by atoms with E-state index in [1.807, 2.05) is 0 Å². The van der Waals surface area contributed by atoms with E-state index in [-0.39, 0.29) is 23.8 Å². The zero-order valence-corrected chi connectivity index (χ0v) is 9.60. The number of nitro groups is 1. The van der Waals surface area contributed by atoms with Crippen LogP contribution in [0.3, 0.4) is 0 Å². The first-order chi connectivity index (χ1) is 8.52. The lowest BCUT2D eigenvalue weighted by atomic mass is 10.3. The van der Waals surface area contributed by atoms with Crippen molar-refractivity contribution < 1.29 is 14.5 Å². The predicted octanol–water partition coefficient (Wildman–Crippen LogP) is 0.462. The maximum atomic E-state index is 11.3. The Balaban J connectivity index is 2.56. The third-order valence-corrected chi connectivity index (χ3v) is 2.00. The van der Waals surface area contributed by atoms with Gasteiger partial charge >= 0.3 is 6.03 Å². The molecule has 3 amide bonds. The lowest BCUT2D eigenvalue weighted by Gasteiger charge is -2.06. The van der Waals surface area contributed by atoms with Crippen LogP contribution in [0.15, 0.2) is 24.3 Å². The number of nitrogens with zero attached hydrogens (tertiary/aromatic N) is 1. The Bertz CT molecular complexity index is 475. The second-order valence-corrected chi connectivity index (χ2v) is 3.29. The number of likely N-dealkylation sites (N-methyl/N-ethyl adjacent to an activating group) is 1.